The van der Waals surface area contributed by atoms with Crippen LogP contribution in [-0.4, -0.2) is 19.9 Å². The molecular formula is C5H11O2S. The summed E-state index contributed by atoms with van der Waals surface area (Å²) in [7, 11) is -2.73. The molecule has 1 radical (unpaired) electrons. The van der Waals surface area contributed by atoms with Gasteiger partial charge in [0.15, 0.2) is 0 Å². The fourth-order valence-corrected chi connectivity index (χ4v) is 1.09. The van der Waals surface area contributed by atoms with Crippen molar-refractivity contribution in [2.24, 2.45) is 0 Å². The maximum atomic E-state index is 10.6. The van der Waals surface area contributed by atoms with Crippen LogP contribution in [0.4, 0.5) is 0 Å². The first-order valence-electron chi connectivity index (χ1n) is 2.62. The van der Waals surface area contributed by atoms with Gasteiger partial charge in [0.25, 0.3) is 0 Å². The highest BCUT2D eigenvalue weighted by atomic mass is 32.2. The first kappa shape index (κ1) is 7.95. The maximum absolute atomic E-state index is 10.6. The van der Waals surface area contributed by atoms with Crippen molar-refractivity contribution in [1.82, 2.24) is 0 Å². The van der Waals surface area contributed by atoms with E-state index in [4.69, 9.17) is 0 Å². The minimum Gasteiger partial charge on any atom is -0.229 e. The van der Waals surface area contributed by atoms with Gasteiger partial charge in [-0.15, -0.1) is 0 Å². The topological polar surface area (TPSA) is 34.1 Å². The summed E-state index contributed by atoms with van der Waals surface area (Å²) < 4.78 is 21.1. The normalized spacial score (nSPS) is 11.8. The van der Waals surface area contributed by atoms with Crippen molar-refractivity contribution in [3.63, 3.8) is 0 Å². The fraction of sp³-hybridized carbons (Fsp3) is 0.800. The summed E-state index contributed by atoms with van der Waals surface area (Å²) in [6.45, 7) is 5.08. The monoisotopic (exact) mass is 135 g/mol. The van der Waals surface area contributed by atoms with Crippen LogP contribution in [0, 0.1) is 6.92 Å². The van der Waals surface area contributed by atoms with Gasteiger partial charge in [-0.2, -0.15) is 0 Å². The molecule has 0 heterocycles. The minimum absolute atomic E-state index is 0.226. The molecule has 0 atom stereocenters. The second-order valence-electron chi connectivity index (χ2n) is 1.59. The van der Waals surface area contributed by atoms with Gasteiger partial charge in [-0.25, -0.2) is 8.42 Å². The lowest BCUT2D eigenvalue weighted by Gasteiger charge is -1.93. The molecule has 0 saturated heterocycles. The Labute approximate surface area is 50.8 Å². The Morgan fingerprint density at radius 3 is 2.12 bits per heavy atom. The Morgan fingerprint density at radius 1 is 1.50 bits per heavy atom. The van der Waals surface area contributed by atoms with Crippen molar-refractivity contribution in [3.05, 3.63) is 6.92 Å². The molecule has 0 aromatic rings. The Morgan fingerprint density at radius 2 is 2.00 bits per heavy atom. The second-order valence-corrected chi connectivity index (χ2v) is 4.06. The van der Waals surface area contributed by atoms with Gasteiger partial charge in [0, 0.05) is 5.75 Å². The number of sulfone groups is 1. The van der Waals surface area contributed by atoms with Crippen LogP contribution in [0.3, 0.4) is 0 Å². The smallest absolute Gasteiger partial charge is 0.150 e. The van der Waals surface area contributed by atoms with E-state index >= 15 is 0 Å². The minimum atomic E-state index is -2.73. The van der Waals surface area contributed by atoms with E-state index in [-0.39, 0.29) is 11.5 Å². The zero-order chi connectivity index (χ0) is 6.62. The van der Waals surface area contributed by atoms with Crippen LogP contribution in [0.1, 0.15) is 13.3 Å². The zero-order valence-corrected chi connectivity index (χ0v) is 5.87. The molecule has 0 amide bonds. The molecule has 49 valence electrons. The molecule has 0 rings (SSSR count). The van der Waals surface area contributed by atoms with Crippen LogP contribution in [0.25, 0.3) is 0 Å². The summed E-state index contributed by atoms with van der Waals surface area (Å²) in [5.74, 6) is 0.464. The number of rotatable bonds is 3. The summed E-state index contributed by atoms with van der Waals surface area (Å²) in [4.78, 5) is 0. The molecule has 0 aliphatic heterocycles. The Hall–Kier alpha value is -0.0500. The largest absolute Gasteiger partial charge is 0.229 e. The van der Waals surface area contributed by atoms with Crippen LogP contribution in [0.5, 0.6) is 0 Å². The molecule has 8 heavy (non-hydrogen) atoms. The van der Waals surface area contributed by atoms with Crippen molar-refractivity contribution < 1.29 is 8.42 Å². The Bertz CT molecular complexity index is 135. The first-order chi connectivity index (χ1) is 3.62. The molecule has 0 bridgehead atoms. The van der Waals surface area contributed by atoms with Crippen LogP contribution < -0.4 is 0 Å². The highest BCUT2D eigenvalue weighted by Gasteiger charge is 2.02. The van der Waals surface area contributed by atoms with Crippen molar-refractivity contribution >= 4 is 9.84 Å². The lowest BCUT2D eigenvalue weighted by atomic mass is 10.6. The number of hydrogen-bond donors (Lipinski definition) is 0. The van der Waals surface area contributed by atoms with E-state index in [0.717, 1.165) is 0 Å². The molecular weight excluding hydrogens is 124 g/mol. The van der Waals surface area contributed by atoms with Gasteiger partial charge in [-0.1, -0.05) is 13.8 Å². The average Bonchev–Trinajstić information content (AvgIpc) is 1.67. The quantitative estimate of drug-likeness (QED) is 0.569. The molecule has 0 aromatic carbocycles. The van der Waals surface area contributed by atoms with Crippen molar-refractivity contribution in [2.75, 3.05) is 11.5 Å². The SMILES string of the molecule is [CH2]CCS(=O)(=O)CC. The third-order valence-corrected chi connectivity index (χ3v) is 2.69. The Balaban J connectivity index is 3.76. The molecule has 0 unspecified atom stereocenters. The van der Waals surface area contributed by atoms with Crippen molar-refractivity contribution in [3.8, 4) is 0 Å². The summed E-state index contributed by atoms with van der Waals surface area (Å²) in [6.07, 6.45) is 0.482. The summed E-state index contributed by atoms with van der Waals surface area (Å²) in [5.41, 5.74) is 0. The van der Waals surface area contributed by atoms with Crippen molar-refractivity contribution in [2.45, 2.75) is 13.3 Å². The molecule has 0 fully saturated rings. The van der Waals surface area contributed by atoms with Gasteiger partial charge >= 0.3 is 0 Å². The third-order valence-electron chi connectivity index (χ3n) is 0.895. The Kier molecular flexibility index (Phi) is 3.05. The lowest BCUT2D eigenvalue weighted by molar-refractivity contribution is 0.597. The van der Waals surface area contributed by atoms with Gasteiger partial charge < -0.3 is 0 Å². The zero-order valence-electron chi connectivity index (χ0n) is 5.05. The van der Waals surface area contributed by atoms with E-state index in [1.807, 2.05) is 0 Å². The lowest BCUT2D eigenvalue weighted by Crippen LogP contribution is -2.06. The highest BCUT2D eigenvalue weighted by molar-refractivity contribution is 7.91. The van der Waals surface area contributed by atoms with Gasteiger partial charge in [0.05, 0.1) is 5.75 Å². The molecule has 0 spiro atoms. The summed E-state index contributed by atoms with van der Waals surface area (Å²) in [6, 6.07) is 0. The average molecular weight is 135 g/mol. The van der Waals surface area contributed by atoms with Crippen LogP contribution in [0.2, 0.25) is 0 Å². The molecule has 0 aliphatic carbocycles. The second kappa shape index (κ2) is 3.07. The van der Waals surface area contributed by atoms with Crippen molar-refractivity contribution in [1.29, 1.82) is 0 Å². The molecule has 0 aromatic heterocycles. The van der Waals surface area contributed by atoms with E-state index < -0.39 is 9.84 Å². The van der Waals surface area contributed by atoms with Crippen LogP contribution >= 0.6 is 0 Å². The molecule has 0 N–H and O–H groups in total. The summed E-state index contributed by atoms with van der Waals surface area (Å²) in [5, 5.41) is 0. The fourth-order valence-electron chi connectivity index (χ4n) is 0.364. The van der Waals surface area contributed by atoms with Crippen LogP contribution in [-0.2, 0) is 9.84 Å². The van der Waals surface area contributed by atoms with Gasteiger partial charge in [0.1, 0.15) is 9.84 Å². The van der Waals surface area contributed by atoms with E-state index in [2.05, 4.69) is 6.92 Å². The van der Waals surface area contributed by atoms with E-state index in [0.29, 0.717) is 6.42 Å². The highest BCUT2D eigenvalue weighted by Crippen LogP contribution is 1.90. The standard InChI is InChI=1S/C5H11O2S/c1-3-5-8(6,7)4-2/h1,3-5H2,2H3. The van der Waals surface area contributed by atoms with E-state index in [1.165, 1.54) is 0 Å². The van der Waals surface area contributed by atoms with Gasteiger partial charge in [-0.05, 0) is 6.42 Å². The number of hydrogen-bond acceptors (Lipinski definition) is 2. The van der Waals surface area contributed by atoms with Gasteiger partial charge in [-0.3, -0.25) is 0 Å². The molecule has 0 saturated carbocycles. The first-order valence-corrected chi connectivity index (χ1v) is 4.44. The van der Waals surface area contributed by atoms with Gasteiger partial charge in [0.2, 0.25) is 0 Å². The molecule has 2 nitrogen and oxygen atoms in total. The predicted octanol–water partition coefficient (Wildman–Crippen LogP) is 0.645. The van der Waals surface area contributed by atoms with E-state index in [9.17, 15) is 8.42 Å². The van der Waals surface area contributed by atoms with E-state index in [1.54, 1.807) is 6.92 Å². The summed E-state index contributed by atoms with van der Waals surface area (Å²) >= 11 is 0. The molecule has 0 aliphatic rings. The third kappa shape index (κ3) is 3.02. The maximum Gasteiger partial charge on any atom is 0.150 e. The van der Waals surface area contributed by atoms with Crippen LogP contribution in [0.15, 0.2) is 0 Å². The predicted molar refractivity (Wildman–Crippen MR) is 34.3 cm³/mol. The molecule has 3 heteroatoms.